The molecule has 0 bridgehead atoms. The zero-order chi connectivity index (χ0) is 22.8. The second kappa shape index (κ2) is 7.63. The summed E-state index contributed by atoms with van der Waals surface area (Å²) in [5.41, 5.74) is 11.6. The molecule has 0 saturated carbocycles. The lowest BCUT2D eigenvalue weighted by Gasteiger charge is -2.27. The van der Waals surface area contributed by atoms with Gasteiger partial charge in [-0.25, -0.2) is 0 Å². The average Bonchev–Trinajstić information content (AvgIpc) is 3.45. The average molecular weight is 447 g/mol. The molecule has 0 radical (unpaired) electrons. The highest BCUT2D eigenvalue weighted by molar-refractivity contribution is 5.93. The van der Waals surface area contributed by atoms with Crippen LogP contribution < -0.4 is 0 Å². The molecule has 1 unspecified atom stereocenters. The van der Waals surface area contributed by atoms with Gasteiger partial charge in [0, 0.05) is 33.4 Å². The molecule has 0 N–H and O–H groups in total. The molecule has 3 aliphatic rings. The molecule has 1 atom stereocenters. The molecule has 2 heterocycles. The Kier molecular flexibility index (Phi) is 4.52. The van der Waals surface area contributed by atoms with E-state index in [9.17, 15) is 0 Å². The Morgan fingerprint density at radius 3 is 2.12 bits per heavy atom. The highest BCUT2D eigenvalue weighted by atomic mass is 16.3. The van der Waals surface area contributed by atoms with Crippen molar-refractivity contribution in [1.82, 2.24) is 0 Å². The van der Waals surface area contributed by atoms with Crippen molar-refractivity contribution in [3.63, 3.8) is 0 Å². The van der Waals surface area contributed by atoms with Gasteiger partial charge in [0.2, 0.25) is 0 Å². The van der Waals surface area contributed by atoms with E-state index >= 15 is 0 Å². The van der Waals surface area contributed by atoms with E-state index in [1.807, 2.05) is 0 Å². The molecule has 3 aliphatic carbocycles. The Labute approximate surface area is 200 Å². The van der Waals surface area contributed by atoms with E-state index in [0.29, 0.717) is 5.92 Å². The Morgan fingerprint density at radius 2 is 1.38 bits per heavy atom. The van der Waals surface area contributed by atoms with Gasteiger partial charge in [-0.2, -0.15) is 0 Å². The van der Waals surface area contributed by atoms with E-state index in [0.717, 1.165) is 54.8 Å². The summed E-state index contributed by atoms with van der Waals surface area (Å²) in [5.74, 6) is 2.65. The molecule has 2 nitrogen and oxygen atoms in total. The summed E-state index contributed by atoms with van der Waals surface area (Å²) < 4.78 is 13.1. The van der Waals surface area contributed by atoms with Gasteiger partial charge in [-0.15, -0.1) is 0 Å². The molecular formula is C32H30O2. The van der Waals surface area contributed by atoms with Gasteiger partial charge in [-0.05, 0) is 81.1 Å². The Morgan fingerprint density at radius 1 is 0.735 bits per heavy atom. The van der Waals surface area contributed by atoms with E-state index in [1.54, 1.807) is 0 Å². The second-order valence-electron chi connectivity index (χ2n) is 10.3. The summed E-state index contributed by atoms with van der Waals surface area (Å²) in [6.45, 7) is 4.31. The smallest absolute Gasteiger partial charge is 0.138 e. The fourth-order valence-corrected chi connectivity index (χ4v) is 6.48. The van der Waals surface area contributed by atoms with Crippen LogP contribution in [0, 0.1) is 19.8 Å². The maximum Gasteiger partial charge on any atom is 0.138 e. The number of para-hydroxylation sites is 2. The van der Waals surface area contributed by atoms with Crippen LogP contribution in [0.3, 0.4) is 0 Å². The van der Waals surface area contributed by atoms with E-state index in [1.165, 1.54) is 62.6 Å². The third kappa shape index (κ3) is 2.94. The lowest BCUT2D eigenvalue weighted by Crippen LogP contribution is -2.11. The minimum Gasteiger partial charge on any atom is -0.456 e. The van der Waals surface area contributed by atoms with Crippen molar-refractivity contribution in [3.8, 4) is 0 Å². The monoisotopic (exact) mass is 446 g/mol. The van der Waals surface area contributed by atoms with Crippen LogP contribution in [0.4, 0.5) is 0 Å². The molecule has 4 aromatic rings. The lowest BCUT2D eigenvalue weighted by molar-refractivity contribution is 0.556. The van der Waals surface area contributed by atoms with Crippen molar-refractivity contribution in [3.05, 3.63) is 94.0 Å². The minimum atomic E-state index is 0.404. The molecule has 2 heteroatoms. The van der Waals surface area contributed by atoms with Crippen molar-refractivity contribution >= 4 is 33.1 Å². The van der Waals surface area contributed by atoms with Crippen LogP contribution in [-0.4, -0.2) is 0 Å². The van der Waals surface area contributed by atoms with Gasteiger partial charge in [-0.3, -0.25) is 0 Å². The predicted octanol–water partition coefficient (Wildman–Crippen LogP) is 8.88. The number of allylic oxidation sites excluding steroid dienone is 6. The van der Waals surface area contributed by atoms with Gasteiger partial charge in [0.05, 0.1) is 0 Å². The summed E-state index contributed by atoms with van der Waals surface area (Å²) in [4.78, 5) is 0. The molecule has 0 saturated heterocycles. The van der Waals surface area contributed by atoms with E-state index in [-0.39, 0.29) is 0 Å². The maximum atomic E-state index is 6.55. The largest absolute Gasteiger partial charge is 0.456 e. The van der Waals surface area contributed by atoms with Crippen molar-refractivity contribution in [2.75, 3.05) is 0 Å². The topological polar surface area (TPSA) is 26.3 Å². The van der Waals surface area contributed by atoms with Crippen LogP contribution in [-0.2, 0) is 12.8 Å². The zero-order valence-electron chi connectivity index (χ0n) is 20.0. The van der Waals surface area contributed by atoms with Crippen molar-refractivity contribution in [2.45, 2.75) is 58.8 Å². The molecule has 2 aromatic heterocycles. The highest BCUT2D eigenvalue weighted by Gasteiger charge is 2.30. The van der Waals surface area contributed by atoms with Gasteiger partial charge in [0.15, 0.2) is 0 Å². The van der Waals surface area contributed by atoms with Crippen LogP contribution in [0.1, 0.15) is 65.9 Å². The molecule has 0 aliphatic heterocycles. The molecular weight excluding hydrogens is 416 g/mol. The normalized spacial score (nSPS) is 20.1. The van der Waals surface area contributed by atoms with Gasteiger partial charge >= 0.3 is 0 Å². The summed E-state index contributed by atoms with van der Waals surface area (Å²) in [6.07, 6.45) is 15.2. The predicted molar refractivity (Wildman–Crippen MR) is 140 cm³/mol. The van der Waals surface area contributed by atoms with E-state index in [2.05, 4.69) is 68.5 Å². The highest BCUT2D eigenvalue weighted by Crippen LogP contribution is 2.46. The van der Waals surface area contributed by atoms with Gasteiger partial charge in [-0.1, -0.05) is 54.6 Å². The first-order valence-corrected chi connectivity index (χ1v) is 12.8. The summed E-state index contributed by atoms with van der Waals surface area (Å²) >= 11 is 0. The fourth-order valence-electron chi connectivity index (χ4n) is 6.48. The third-order valence-electron chi connectivity index (χ3n) is 8.15. The van der Waals surface area contributed by atoms with Crippen LogP contribution >= 0.6 is 0 Å². The van der Waals surface area contributed by atoms with Gasteiger partial charge in [0.1, 0.15) is 22.7 Å². The zero-order valence-corrected chi connectivity index (χ0v) is 20.0. The number of fused-ring (bicyclic) bond motifs is 6. The first-order valence-electron chi connectivity index (χ1n) is 12.8. The van der Waals surface area contributed by atoms with Crippen molar-refractivity contribution in [2.24, 2.45) is 5.92 Å². The number of aryl methyl sites for hydroxylation is 4. The summed E-state index contributed by atoms with van der Waals surface area (Å²) in [5, 5.41) is 2.60. The molecule has 2 aromatic carbocycles. The third-order valence-corrected chi connectivity index (χ3v) is 8.15. The number of furan rings is 2. The number of hydrogen-bond donors (Lipinski definition) is 0. The first-order chi connectivity index (χ1) is 16.7. The SMILES string of the molecule is Cc1cccc2c3c(oc12)C(C1=CC(C2=CCCc4c2oc2c(C)cccc42)CCC1)=CCC3. The standard InChI is InChI=1S/C32H30O2/c1-19-8-3-14-25-27-16-6-12-23(31(27)33-29(19)25)21-10-5-11-22(18-21)24-13-7-17-28-26-15-4-9-20(2)30(26)34-32(24)28/h3-4,8-9,12-15,18,21H,5-7,10-11,16-17H2,1-2H3. The maximum absolute atomic E-state index is 6.55. The van der Waals surface area contributed by atoms with Crippen LogP contribution in [0.5, 0.6) is 0 Å². The molecule has 0 amide bonds. The van der Waals surface area contributed by atoms with Crippen molar-refractivity contribution < 1.29 is 8.83 Å². The molecule has 7 rings (SSSR count). The molecule has 0 fully saturated rings. The second-order valence-corrected chi connectivity index (χ2v) is 10.3. The van der Waals surface area contributed by atoms with Crippen molar-refractivity contribution in [1.29, 1.82) is 0 Å². The van der Waals surface area contributed by atoms with Gasteiger partial charge < -0.3 is 8.83 Å². The molecule has 34 heavy (non-hydrogen) atoms. The van der Waals surface area contributed by atoms with E-state index < -0.39 is 0 Å². The minimum absolute atomic E-state index is 0.404. The van der Waals surface area contributed by atoms with Gasteiger partial charge in [0.25, 0.3) is 0 Å². The van der Waals surface area contributed by atoms with Crippen LogP contribution in [0.25, 0.3) is 33.1 Å². The summed E-state index contributed by atoms with van der Waals surface area (Å²) in [6, 6.07) is 13.1. The number of hydrogen-bond acceptors (Lipinski definition) is 2. The number of rotatable bonds is 2. The Bertz CT molecular complexity index is 1550. The Hall–Kier alpha value is -3.26. The summed E-state index contributed by atoms with van der Waals surface area (Å²) in [7, 11) is 0. The van der Waals surface area contributed by atoms with Crippen LogP contribution in [0.15, 0.2) is 69.0 Å². The van der Waals surface area contributed by atoms with E-state index in [4.69, 9.17) is 8.83 Å². The number of benzene rings is 2. The Balaban J connectivity index is 1.31. The van der Waals surface area contributed by atoms with Crippen LogP contribution in [0.2, 0.25) is 0 Å². The fraction of sp³-hybridized carbons (Fsp3) is 0.312. The lowest BCUT2D eigenvalue weighted by atomic mass is 9.78. The molecule has 170 valence electrons. The molecule has 0 spiro atoms. The quantitative estimate of drug-likeness (QED) is 0.307. The first kappa shape index (κ1) is 20.1.